The molecule has 0 unspecified atom stereocenters. The van der Waals surface area contributed by atoms with Gasteiger partial charge >= 0.3 is 0 Å². The smallest absolute Gasteiger partial charge is 0.262 e. The molecule has 9 heteroatoms. The van der Waals surface area contributed by atoms with Gasteiger partial charge < -0.3 is 10.6 Å². The molecule has 34 heavy (non-hydrogen) atoms. The molecule has 2 amide bonds. The lowest BCUT2D eigenvalue weighted by Gasteiger charge is -2.13. The number of hydrogen-bond acceptors (Lipinski definition) is 5. The van der Waals surface area contributed by atoms with Crippen molar-refractivity contribution >= 4 is 57.5 Å². The Morgan fingerprint density at radius 3 is 2.41 bits per heavy atom. The average molecular weight is 493 g/mol. The fraction of sp³-hybridized carbons (Fsp3) is 0.120. The number of thioether (sulfide) groups is 1. The van der Waals surface area contributed by atoms with Crippen molar-refractivity contribution < 1.29 is 9.59 Å². The van der Waals surface area contributed by atoms with E-state index < -0.39 is 0 Å². The molecule has 0 radical (unpaired) electrons. The molecule has 1 heterocycles. The predicted octanol–water partition coefficient (Wildman–Crippen LogP) is 4.79. The highest BCUT2D eigenvalue weighted by Crippen LogP contribution is 2.21. The van der Waals surface area contributed by atoms with Gasteiger partial charge in [-0.15, -0.1) is 0 Å². The lowest BCUT2D eigenvalue weighted by molar-refractivity contribution is -0.114. The van der Waals surface area contributed by atoms with Crippen LogP contribution in [0.15, 0.2) is 82.7 Å². The van der Waals surface area contributed by atoms with Crippen LogP contribution < -0.4 is 16.2 Å². The summed E-state index contributed by atoms with van der Waals surface area (Å²) in [5.41, 5.74) is 2.44. The van der Waals surface area contributed by atoms with Crippen molar-refractivity contribution in [3.8, 4) is 0 Å². The lowest BCUT2D eigenvalue weighted by atomic mass is 10.2. The Morgan fingerprint density at radius 1 is 0.971 bits per heavy atom. The Hall–Kier alpha value is -3.62. The highest BCUT2D eigenvalue weighted by molar-refractivity contribution is 7.99. The quantitative estimate of drug-likeness (QED) is 0.286. The van der Waals surface area contributed by atoms with Crippen molar-refractivity contribution in [1.29, 1.82) is 0 Å². The van der Waals surface area contributed by atoms with Gasteiger partial charge in [-0.1, -0.05) is 53.7 Å². The molecule has 1 aromatic heterocycles. The van der Waals surface area contributed by atoms with Crippen LogP contribution >= 0.6 is 23.4 Å². The molecule has 4 rings (SSSR count). The molecule has 172 valence electrons. The molecule has 3 aromatic carbocycles. The van der Waals surface area contributed by atoms with Crippen molar-refractivity contribution in [3.63, 3.8) is 0 Å². The van der Waals surface area contributed by atoms with Crippen LogP contribution in [0.5, 0.6) is 0 Å². The fourth-order valence-electron chi connectivity index (χ4n) is 3.37. The monoisotopic (exact) mass is 492 g/mol. The molecular weight excluding hydrogens is 472 g/mol. The Kier molecular flexibility index (Phi) is 7.30. The average Bonchev–Trinajstić information content (AvgIpc) is 2.81. The minimum atomic E-state index is -0.259. The Bertz CT molecular complexity index is 1420. The molecule has 0 fully saturated rings. The number of rotatable bonds is 7. The summed E-state index contributed by atoms with van der Waals surface area (Å²) in [4.78, 5) is 41.8. The van der Waals surface area contributed by atoms with Crippen molar-refractivity contribution in [2.45, 2.75) is 18.6 Å². The zero-order chi connectivity index (χ0) is 24.1. The van der Waals surface area contributed by atoms with Gasteiger partial charge in [0, 0.05) is 23.3 Å². The van der Waals surface area contributed by atoms with E-state index in [1.807, 2.05) is 18.2 Å². The number of carbonyl (C=O) groups excluding carboxylic acids is 2. The minimum absolute atomic E-state index is 0.0514. The third-order valence-electron chi connectivity index (χ3n) is 4.88. The molecule has 0 aliphatic carbocycles. The van der Waals surface area contributed by atoms with E-state index in [9.17, 15) is 14.4 Å². The molecule has 2 N–H and O–H groups in total. The second-order valence-corrected chi connectivity index (χ2v) is 8.91. The molecule has 0 aliphatic heterocycles. The number of nitrogens with one attached hydrogen (secondary N) is 2. The van der Waals surface area contributed by atoms with Crippen LogP contribution in [0.4, 0.5) is 11.4 Å². The zero-order valence-corrected chi connectivity index (χ0v) is 19.8. The number of hydrogen-bond donors (Lipinski definition) is 2. The second kappa shape index (κ2) is 10.5. The summed E-state index contributed by atoms with van der Waals surface area (Å²) in [6, 6.07) is 21.3. The van der Waals surface area contributed by atoms with E-state index in [0.29, 0.717) is 39.0 Å². The summed E-state index contributed by atoms with van der Waals surface area (Å²) in [6.07, 6.45) is 0. The third-order valence-corrected chi connectivity index (χ3v) is 6.11. The summed E-state index contributed by atoms with van der Waals surface area (Å²) in [5.74, 6) is -0.402. The van der Waals surface area contributed by atoms with Gasteiger partial charge in [-0.3, -0.25) is 19.0 Å². The first kappa shape index (κ1) is 23.5. The summed E-state index contributed by atoms with van der Waals surface area (Å²) in [5, 5.41) is 7.07. The highest BCUT2D eigenvalue weighted by Gasteiger charge is 2.14. The third kappa shape index (κ3) is 5.84. The van der Waals surface area contributed by atoms with Crippen molar-refractivity contribution in [1.82, 2.24) is 9.55 Å². The van der Waals surface area contributed by atoms with Gasteiger partial charge in [0.15, 0.2) is 5.16 Å². The summed E-state index contributed by atoms with van der Waals surface area (Å²) >= 11 is 7.18. The number of benzene rings is 3. The van der Waals surface area contributed by atoms with Gasteiger partial charge in [0.1, 0.15) is 0 Å². The number of anilines is 2. The SMILES string of the molecule is CC(=O)Nc1cccc(NC(=O)CSc2nc3ccccc3c(=O)n2Cc2ccc(Cl)cc2)c1. The Morgan fingerprint density at radius 2 is 1.68 bits per heavy atom. The molecule has 0 spiro atoms. The number of aromatic nitrogens is 2. The molecule has 7 nitrogen and oxygen atoms in total. The van der Waals surface area contributed by atoms with Gasteiger partial charge in [0.2, 0.25) is 11.8 Å². The topological polar surface area (TPSA) is 93.1 Å². The summed E-state index contributed by atoms with van der Waals surface area (Å²) in [6.45, 7) is 1.72. The summed E-state index contributed by atoms with van der Waals surface area (Å²) < 4.78 is 1.57. The van der Waals surface area contributed by atoms with E-state index in [-0.39, 0.29) is 23.1 Å². The van der Waals surface area contributed by atoms with Crippen LogP contribution in [0, 0.1) is 0 Å². The van der Waals surface area contributed by atoms with E-state index in [2.05, 4.69) is 15.6 Å². The highest BCUT2D eigenvalue weighted by atomic mass is 35.5. The largest absolute Gasteiger partial charge is 0.326 e. The first-order valence-corrected chi connectivity index (χ1v) is 11.8. The van der Waals surface area contributed by atoms with Crippen molar-refractivity contribution in [3.05, 3.63) is 93.7 Å². The predicted molar refractivity (Wildman–Crippen MR) is 137 cm³/mol. The first-order valence-electron chi connectivity index (χ1n) is 10.4. The number of amides is 2. The van der Waals surface area contributed by atoms with Gasteiger partial charge in [0.05, 0.1) is 23.2 Å². The molecule has 0 aliphatic rings. The minimum Gasteiger partial charge on any atom is -0.326 e. The Labute approximate surface area is 205 Å². The molecule has 0 saturated heterocycles. The first-order chi connectivity index (χ1) is 16.4. The maximum Gasteiger partial charge on any atom is 0.262 e. The van der Waals surface area contributed by atoms with Crippen LogP contribution in [0.3, 0.4) is 0 Å². The standard InChI is InChI=1S/C25H21ClN4O3S/c1-16(31)27-19-5-4-6-20(13-19)28-23(32)15-34-25-29-22-8-3-2-7-21(22)24(33)30(25)14-17-9-11-18(26)12-10-17/h2-13H,14-15H2,1H3,(H,27,31)(H,28,32). The van der Waals surface area contributed by atoms with Crippen LogP contribution in [-0.2, 0) is 16.1 Å². The van der Waals surface area contributed by atoms with Crippen molar-refractivity contribution in [2.75, 3.05) is 16.4 Å². The number of fused-ring (bicyclic) bond motifs is 1. The fourth-order valence-corrected chi connectivity index (χ4v) is 4.30. The molecule has 0 bridgehead atoms. The number of halogens is 1. The number of nitrogens with zero attached hydrogens (tertiary/aromatic N) is 2. The molecule has 0 atom stereocenters. The van der Waals surface area contributed by atoms with Crippen LogP contribution in [0.1, 0.15) is 12.5 Å². The normalized spacial score (nSPS) is 10.8. The van der Waals surface area contributed by atoms with Gasteiger partial charge in [0.25, 0.3) is 5.56 Å². The number of para-hydroxylation sites is 1. The van der Waals surface area contributed by atoms with Crippen LogP contribution in [-0.4, -0.2) is 27.1 Å². The van der Waals surface area contributed by atoms with Crippen LogP contribution in [0.2, 0.25) is 5.02 Å². The Balaban J connectivity index is 1.56. The van der Waals surface area contributed by atoms with E-state index in [4.69, 9.17) is 11.6 Å². The molecule has 0 saturated carbocycles. The number of carbonyl (C=O) groups is 2. The van der Waals surface area contributed by atoms with E-state index in [1.54, 1.807) is 59.2 Å². The second-order valence-electron chi connectivity index (χ2n) is 7.53. The van der Waals surface area contributed by atoms with E-state index in [0.717, 1.165) is 5.56 Å². The zero-order valence-electron chi connectivity index (χ0n) is 18.2. The van der Waals surface area contributed by atoms with Gasteiger partial charge in [-0.25, -0.2) is 4.98 Å². The van der Waals surface area contributed by atoms with E-state index in [1.165, 1.54) is 18.7 Å². The maximum absolute atomic E-state index is 13.2. The van der Waals surface area contributed by atoms with E-state index >= 15 is 0 Å². The van der Waals surface area contributed by atoms with Gasteiger partial charge in [-0.05, 0) is 48.0 Å². The maximum atomic E-state index is 13.2. The lowest BCUT2D eigenvalue weighted by Crippen LogP contribution is -2.25. The summed E-state index contributed by atoms with van der Waals surface area (Å²) in [7, 11) is 0. The van der Waals surface area contributed by atoms with Crippen molar-refractivity contribution in [2.24, 2.45) is 0 Å². The molecule has 4 aromatic rings. The van der Waals surface area contributed by atoms with Crippen LogP contribution in [0.25, 0.3) is 10.9 Å². The van der Waals surface area contributed by atoms with Gasteiger partial charge in [-0.2, -0.15) is 0 Å². The molecular formula is C25H21ClN4O3S.